The van der Waals surface area contributed by atoms with Gasteiger partial charge in [0.05, 0.1) is 7.11 Å². The van der Waals surface area contributed by atoms with E-state index in [-0.39, 0.29) is 11.7 Å². The Morgan fingerprint density at radius 2 is 1.83 bits per heavy atom. The molecular weight excluding hydrogens is 360 g/mol. The average Bonchev–Trinajstić information content (AvgIpc) is 2.59. The van der Waals surface area contributed by atoms with Gasteiger partial charge in [-0.2, -0.15) is 0 Å². The van der Waals surface area contributed by atoms with E-state index in [1.165, 1.54) is 12.3 Å². The molecule has 2 aromatic rings. The molecule has 2 aromatic carbocycles. The molecule has 0 aliphatic carbocycles. The number of methoxy groups -OCH3 is 1. The summed E-state index contributed by atoms with van der Waals surface area (Å²) in [6, 6.07) is 13.8. The fourth-order valence-corrected chi connectivity index (χ4v) is 2.03. The molecule has 0 heterocycles. The zero-order valence-corrected chi connectivity index (χ0v) is 14.0. The second kappa shape index (κ2) is 8.14. The molecule has 0 atom stereocenters. The lowest BCUT2D eigenvalue weighted by atomic mass is 10.1. The summed E-state index contributed by atoms with van der Waals surface area (Å²) in [4.78, 5) is 23.8. The van der Waals surface area contributed by atoms with Gasteiger partial charge < -0.3 is 10.2 Å². The van der Waals surface area contributed by atoms with Gasteiger partial charge in [-0.25, -0.2) is 0 Å². The quantitative estimate of drug-likeness (QED) is 0.463. The first-order chi connectivity index (χ1) is 11.1. The lowest BCUT2D eigenvalue weighted by Gasteiger charge is -2.04. The van der Waals surface area contributed by atoms with Crippen LogP contribution in [0, 0.1) is 0 Å². The van der Waals surface area contributed by atoms with Gasteiger partial charge in [0.1, 0.15) is 5.75 Å². The maximum Gasteiger partial charge on any atom is 0.269 e. The molecule has 1 amide bonds. The number of amides is 1. The van der Waals surface area contributed by atoms with E-state index in [1.807, 2.05) is 0 Å². The Hall–Kier alpha value is -2.60. The Bertz CT molecular complexity index is 727. The lowest BCUT2D eigenvalue weighted by molar-refractivity contribution is 0.0939. The molecule has 23 heavy (non-hydrogen) atoms. The van der Waals surface area contributed by atoms with E-state index >= 15 is 0 Å². The number of hydrogen-bond acceptors (Lipinski definition) is 4. The lowest BCUT2D eigenvalue weighted by Crippen LogP contribution is -2.33. The van der Waals surface area contributed by atoms with Gasteiger partial charge in [0.2, 0.25) is 0 Å². The second-order valence-corrected chi connectivity index (χ2v) is 5.45. The summed E-state index contributed by atoms with van der Waals surface area (Å²) in [5.74, 6) is 0.117. The highest BCUT2D eigenvalue weighted by atomic mass is 79.9. The topological polar surface area (TPSA) is 67.4 Å². The number of hydrogen-bond donors (Lipinski definition) is 2. The molecule has 0 radical (unpaired) electrons. The van der Waals surface area contributed by atoms with Crippen molar-refractivity contribution in [3.05, 3.63) is 76.4 Å². The van der Waals surface area contributed by atoms with Crippen LogP contribution in [0.2, 0.25) is 0 Å². The number of nitrogens with one attached hydrogen (secondary N) is 2. The molecule has 2 N–H and O–H groups in total. The molecule has 5 nitrogen and oxygen atoms in total. The van der Waals surface area contributed by atoms with Gasteiger partial charge >= 0.3 is 0 Å². The molecule has 6 heteroatoms. The zero-order chi connectivity index (χ0) is 16.7. The summed E-state index contributed by atoms with van der Waals surface area (Å²) in [6.45, 7) is 0. The minimum atomic E-state index is -0.295. The van der Waals surface area contributed by atoms with Gasteiger partial charge in [-0.1, -0.05) is 28.1 Å². The van der Waals surface area contributed by atoms with Crippen molar-refractivity contribution < 1.29 is 14.3 Å². The molecular formula is C17H15BrN2O3. The number of halogens is 1. The number of allylic oxidation sites excluding steroid dienone is 1. The van der Waals surface area contributed by atoms with Crippen LogP contribution in [-0.4, -0.2) is 18.8 Å². The number of carbonyl (C=O) groups excluding carboxylic acids is 2. The SMILES string of the molecule is COc1cccc(C(=O)/C=C/NNC(=O)c2ccc(Br)cc2)c1. The molecule has 118 valence electrons. The van der Waals surface area contributed by atoms with E-state index in [2.05, 4.69) is 26.8 Å². The van der Waals surface area contributed by atoms with Crippen molar-refractivity contribution in [3.8, 4) is 5.75 Å². The molecule has 0 aliphatic rings. The van der Waals surface area contributed by atoms with Gasteiger partial charge in [-0.15, -0.1) is 0 Å². The molecule has 0 spiro atoms. The third kappa shape index (κ3) is 4.96. The van der Waals surface area contributed by atoms with Crippen molar-refractivity contribution in [2.45, 2.75) is 0 Å². The fraction of sp³-hybridized carbons (Fsp3) is 0.0588. The molecule has 0 fully saturated rings. The summed E-state index contributed by atoms with van der Waals surface area (Å²) in [5.41, 5.74) is 6.07. The maximum atomic E-state index is 12.0. The predicted octanol–water partition coefficient (Wildman–Crippen LogP) is 3.09. The van der Waals surface area contributed by atoms with Crippen LogP contribution in [0.3, 0.4) is 0 Å². The minimum Gasteiger partial charge on any atom is -0.497 e. The Morgan fingerprint density at radius 1 is 1.09 bits per heavy atom. The highest BCUT2D eigenvalue weighted by Crippen LogP contribution is 2.13. The Labute approximate surface area is 142 Å². The smallest absolute Gasteiger partial charge is 0.269 e. The number of ether oxygens (including phenoxy) is 1. The summed E-state index contributed by atoms with van der Waals surface area (Å²) >= 11 is 3.30. The van der Waals surface area contributed by atoms with Crippen LogP contribution in [0.1, 0.15) is 20.7 Å². The Balaban J connectivity index is 1.87. The first kappa shape index (κ1) is 16.8. The van der Waals surface area contributed by atoms with Crippen LogP contribution in [0.4, 0.5) is 0 Å². The average molecular weight is 375 g/mol. The van der Waals surface area contributed by atoms with Crippen molar-refractivity contribution in [1.29, 1.82) is 0 Å². The summed E-state index contributed by atoms with van der Waals surface area (Å²) in [5, 5.41) is 0. The fourth-order valence-electron chi connectivity index (χ4n) is 1.77. The number of rotatable bonds is 6. The molecule has 0 bridgehead atoms. The van der Waals surface area contributed by atoms with E-state index in [0.29, 0.717) is 16.9 Å². The van der Waals surface area contributed by atoms with Crippen molar-refractivity contribution in [3.63, 3.8) is 0 Å². The number of ketones is 1. The number of carbonyl (C=O) groups is 2. The largest absolute Gasteiger partial charge is 0.497 e. The molecule has 2 rings (SSSR count). The van der Waals surface area contributed by atoms with Crippen molar-refractivity contribution in [2.24, 2.45) is 0 Å². The van der Waals surface area contributed by atoms with Crippen LogP contribution in [0.5, 0.6) is 5.75 Å². The molecule has 0 saturated carbocycles. The van der Waals surface area contributed by atoms with Crippen molar-refractivity contribution in [2.75, 3.05) is 7.11 Å². The first-order valence-corrected chi connectivity index (χ1v) is 7.56. The van der Waals surface area contributed by atoms with Crippen molar-refractivity contribution in [1.82, 2.24) is 10.9 Å². The van der Waals surface area contributed by atoms with Crippen LogP contribution in [-0.2, 0) is 0 Å². The first-order valence-electron chi connectivity index (χ1n) is 6.76. The van der Waals surface area contributed by atoms with E-state index in [1.54, 1.807) is 55.6 Å². The van der Waals surface area contributed by atoms with Gasteiger partial charge in [0, 0.05) is 27.9 Å². The van der Waals surface area contributed by atoms with Gasteiger partial charge in [-0.05, 0) is 36.4 Å². The third-order valence-corrected chi connectivity index (χ3v) is 3.49. The second-order valence-electron chi connectivity index (χ2n) is 4.53. The van der Waals surface area contributed by atoms with Crippen LogP contribution in [0.15, 0.2) is 65.3 Å². The Morgan fingerprint density at radius 3 is 2.52 bits per heavy atom. The van der Waals surface area contributed by atoms with Crippen LogP contribution in [0.25, 0.3) is 0 Å². The van der Waals surface area contributed by atoms with E-state index < -0.39 is 0 Å². The standard InChI is InChI=1S/C17H15BrN2O3/c1-23-15-4-2-3-13(11-15)16(21)9-10-19-20-17(22)12-5-7-14(18)8-6-12/h2-11,19H,1H3,(H,20,22)/b10-9+. The maximum absolute atomic E-state index is 12.0. The highest BCUT2D eigenvalue weighted by molar-refractivity contribution is 9.10. The number of benzene rings is 2. The third-order valence-electron chi connectivity index (χ3n) is 2.96. The minimum absolute atomic E-state index is 0.200. The summed E-state index contributed by atoms with van der Waals surface area (Å²) in [7, 11) is 1.54. The van der Waals surface area contributed by atoms with Crippen LogP contribution >= 0.6 is 15.9 Å². The van der Waals surface area contributed by atoms with Gasteiger partial charge in [0.25, 0.3) is 5.91 Å². The number of hydrazine groups is 1. The van der Waals surface area contributed by atoms with Crippen LogP contribution < -0.4 is 15.6 Å². The zero-order valence-electron chi connectivity index (χ0n) is 12.4. The van der Waals surface area contributed by atoms with E-state index in [0.717, 1.165) is 4.47 Å². The molecule has 0 unspecified atom stereocenters. The molecule has 0 aliphatic heterocycles. The monoisotopic (exact) mass is 374 g/mol. The van der Waals surface area contributed by atoms with Crippen molar-refractivity contribution >= 4 is 27.6 Å². The van der Waals surface area contributed by atoms with E-state index in [9.17, 15) is 9.59 Å². The van der Waals surface area contributed by atoms with Gasteiger partial charge in [-0.3, -0.25) is 15.0 Å². The highest BCUT2D eigenvalue weighted by Gasteiger charge is 2.04. The molecule has 0 saturated heterocycles. The van der Waals surface area contributed by atoms with E-state index in [4.69, 9.17) is 4.74 Å². The predicted molar refractivity (Wildman–Crippen MR) is 91.2 cm³/mol. The van der Waals surface area contributed by atoms with Gasteiger partial charge in [0.15, 0.2) is 5.78 Å². The Kier molecular flexibility index (Phi) is 5.94. The molecule has 0 aromatic heterocycles. The summed E-state index contributed by atoms with van der Waals surface area (Å²) < 4.78 is 5.96. The normalized spacial score (nSPS) is 10.3. The summed E-state index contributed by atoms with van der Waals surface area (Å²) in [6.07, 6.45) is 2.70.